The Bertz CT molecular complexity index is 1610. The average molecular weight is 571 g/mol. The van der Waals surface area contributed by atoms with E-state index in [1.165, 1.54) is 0 Å². The van der Waals surface area contributed by atoms with Crippen LogP contribution >= 0.6 is 0 Å². The number of hydrogen-bond acceptors (Lipinski definition) is 4. The van der Waals surface area contributed by atoms with Crippen LogP contribution in [0.4, 0.5) is 11.4 Å². The fourth-order valence-electron chi connectivity index (χ4n) is 6.37. The molecule has 1 amide bonds. The molecule has 0 bridgehead atoms. The monoisotopic (exact) mass is 570 g/mol. The molecule has 0 radical (unpaired) electrons. The van der Waals surface area contributed by atoms with E-state index in [-0.39, 0.29) is 17.6 Å². The summed E-state index contributed by atoms with van der Waals surface area (Å²) in [6.45, 7) is 2.60. The highest BCUT2D eigenvalue weighted by atomic mass is 16.5. The minimum Gasteiger partial charge on any atom is -0.489 e. The Morgan fingerprint density at radius 1 is 0.837 bits per heavy atom. The van der Waals surface area contributed by atoms with Crippen LogP contribution in [0.1, 0.15) is 74.1 Å². The minimum atomic E-state index is -0.500. The van der Waals surface area contributed by atoms with Crippen molar-refractivity contribution in [1.29, 1.82) is 0 Å². The maximum absolute atomic E-state index is 14.3. The third-order valence-electron chi connectivity index (χ3n) is 8.46. The molecule has 2 aliphatic rings. The molecule has 218 valence electrons. The topological polar surface area (TPSA) is 58.6 Å². The first kappa shape index (κ1) is 28.5. The number of para-hydroxylation sites is 3. The van der Waals surface area contributed by atoms with Gasteiger partial charge in [-0.25, -0.2) is 0 Å². The predicted octanol–water partition coefficient (Wildman–Crippen LogP) is 8.75. The van der Waals surface area contributed by atoms with Crippen molar-refractivity contribution < 1.29 is 14.3 Å². The quantitative estimate of drug-likeness (QED) is 0.204. The van der Waals surface area contributed by atoms with Crippen molar-refractivity contribution in [1.82, 2.24) is 0 Å². The van der Waals surface area contributed by atoms with E-state index in [1.54, 1.807) is 0 Å². The highest BCUT2D eigenvalue weighted by molar-refractivity contribution is 6.06. The normalized spacial score (nSPS) is 17.9. The van der Waals surface area contributed by atoms with E-state index in [2.05, 4.69) is 30.4 Å². The number of benzene rings is 4. The number of carbonyl (C=O) groups is 2. The van der Waals surface area contributed by atoms with Crippen molar-refractivity contribution in [2.75, 3.05) is 10.2 Å². The number of anilines is 2. The predicted molar refractivity (Wildman–Crippen MR) is 172 cm³/mol. The van der Waals surface area contributed by atoms with Crippen molar-refractivity contribution in [3.05, 3.63) is 137 Å². The lowest BCUT2D eigenvalue weighted by molar-refractivity contribution is -0.119. The third-order valence-corrected chi connectivity index (χ3v) is 8.46. The van der Waals surface area contributed by atoms with Gasteiger partial charge in [0.25, 0.3) is 0 Å². The SMILES string of the molecule is CCCCCC(=O)N1c2ccccc2NC2=C(C(=O)C[C@@H](c3ccccc3OCc3ccccc3)C2)[C@H]1c1ccccc1. The standard InChI is InChI=1S/C38H38N2O3/c1-2-3-6-23-36(42)40-33-21-13-12-20-31(33)39-32-24-29(25-34(41)37(32)38(40)28-17-9-5-10-18-28)30-19-11-14-22-35(30)43-26-27-15-7-4-8-16-27/h4-5,7-22,29,38-39H,2-3,6,23-26H2,1H3/t29-,38+/m0/s1. The van der Waals surface area contributed by atoms with Crippen LogP contribution in [-0.2, 0) is 16.2 Å². The summed E-state index contributed by atoms with van der Waals surface area (Å²) in [4.78, 5) is 30.2. The molecule has 5 heteroatoms. The molecule has 4 aromatic rings. The number of carbonyl (C=O) groups excluding carboxylic acids is 2. The van der Waals surface area contributed by atoms with Crippen molar-refractivity contribution >= 4 is 23.1 Å². The minimum absolute atomic E-state index is 0.0416. The highest BCUT2D eigenvalue weighted by Crippen LogP contribution is 2.48. The van der Waals surface area contributed by atoms with Gasteiger partial charge in [0.1, 0.15) is 12.4 Å². The molecular formula is C38H38N2O3. The Kier molecular flexibility index (Phi) is 8.69. The van der Waals surface area contributed by atoms with Crippen LogP contribution in [0, 0.1) is 0 Å². The Morgan fingerprint density at radius 3 is 2.33 bits per heavy atom. The largest absolute Gasteiger partial charge is 0.489 e. The van der Waals surface area contributed by atoms with E-state index in [1.807, 2.05) is 95.9 Å². The molecule has 1 N–H and O–H groups in total. The summed E-state index contributed by atoms with van der Waals surface area (Å²) in [5, 5.41) is 3.64. The molecule has 0 spiro atoms. The first-order valence-electron chi connectivity index (χ1n) is 15.4. The molecule has 5 nitrogen and oxygen atoms in total. The van der Waals surface area contributed by atoms with Crippen LogP contribution in [0.3, 0.4) is 0 Å². The van der Waals surface area contributed by atoms with Gasteiger partial charge < -0.3 is 10.1 Å². The second kappa shape index (κ2) is 13.1. The Labute approximate surface area is 254 Å². The smallest absolute Gasteiger partial charge is 0.227 e. The van der Waals surface area contributed by atoms with Gasteiger partial charge >= 0.3 is 0 Å². The number of rotatable bonds is 9. The van der Waals surface area contributed by atoms with Gasteiger partial charge in [-0.3, -0.25) is 14.5 Å². The number of Topliss-reactive ketones (excluding diaryl/α,β-unsaturated/α-hetero) is 1. The van der Waals surface area contributed by atoms with E-state index in [0.717, 1.165) is 58.8 Å². The molecule has 0 saturated heterocycles. The number of nitrogens with one attached hydrogen (secondary N) is 1. The summed E-state index contributed by atoms with van der Waals surface area (Å²) in [6.07, 6.45) is 4.29. The van der Waals surface area contributed by atoms with Crippen molar-refractivity contribution in [3.8, 4) is 5.75 Å². The second-order valence-electron chi connectivity index (χ2n) is 11.4. The van der Waals surface area contributed by atoms with E-state index in [9.17, 15) is 9.59 Å². The molecule has 4 aromatic carbocycles. The first-order chi connectivity index (χ1) is 21.1. The van der Waals surface area contributed by atoms with Crippen LogP contribution in [0.25, 0.3) is 0 Å². The lowest BCUT2D eigenvalue weighted by Crippen LogP contribution is -2.38. The zero-order valence-corrected chi connectivity index (χ0v) is 24.7. The highest BCUT2D eigenvalue weighted by Gasteiger charge is 2.41. The molecule has 2 atom stereocenters. The summed E-state index contributed by atoms with van der Waals surface area (Å²) in [5.74, 6) is 0.847. The summed E-state index contributed by atoms with van der Waals surface area (Å²) in [6, 6.07) is 35.6. The number of hydrogen-bond donors (Lipinski definition) is 1. The van der Waals surface area contributed by atoms with Crippen LogP contribution in [0.5, 0.6) is 5.75 Å². The van der Waals surface area contributed by atoms with Gasteiger partial charge in [-0.05, 0) is 47.7 Å². The summed E-state index contributed by atoms with van der Waals surface area (Å²) < 4.78 is 6.31. The molecule has 0 unspecified atom stereocenters. The van der Waals surface area contributed by atoms with Gasteiger partial charge in [0.05, 0.1) is 17.4 Å². The zero-order valence-electron chi connectivity index (χ0n) is 24.7. The van der Waals surface area contributed by atoms with Gasteiger partial charge in [-0.1, -0.05) is 111 Å². The van der Waals surface area contributed by atoms with Crippen LogP contribution in [0.15, 0.2) is 120 Å². The lowest BCUT2D eigenvalue weighted by Gasteiger charge is -2.35. The molecule has 0 aromatic heterocycles. The van der Waals surface area contributed by atoms with E-state index < -0.39 is 6.04 Å². The summed E-state index contributed by atoms with van der Waals surface area (Å²) in [5.41, 5.74) is 6.28. The van der Waals surface area contributed by atoms with E-state index >= 15 is 0 Å². The van der Waals surface area contributed by atoms with Crippen molar-refractivity contribution in [2.24, 2.45) is 0 Å². The van der Waals surface area contributed by atoms with Crippen LogP contribution in [-0.4, -0.2) is 11.7 Å². The lowest BCUT2D eigenvalue weighted by atomic mass is 9.78. The molecule has 1 aliphatic carbocycles. The van der Waals surface area contributed by atoms with E-state index in [4.69, 9.17) is 4.74 Å². The van der Waals surface area contributed by atoms with Gasteiger partial charge in [0.15, 0.2) is 5.78 Å². The van der Waals surface area contributed by atoms with Crippen LogP contribution < -0.4 is 15.0 Å². The average Bonchev–Trinajstić information content (AvgIpc) is 3.20. The number of ether oxygens (including phenoxy) is 1. The van der Waals surface area contributed by atoms with Gasteiger partial charge in [-0.15, -0.1) is 0 Å². The maximum Gasteiger partial charge on any atom is 0.227 e. The maximum atomic E-state index is 14.3. The molecule has 0 fully saturated rings. The molecule has 43 heavy (non-hydrogen) atoms. The molecule has 0 saturated carbocycles. The Hall–Kier alpha value is -4.64. The Balaban J connectivity index is 1.40. The summed E-state index contributed by atoms with van der Waals surface area (Å²) in [7, 11) is 0. The molecular weight excluding hydrogens is 532 g/mol. The van der Waals surface area contributed by atoms with Crippen molar-refractivity contribution in [2.45, 2.75) is 64.0 Å². The number of nitrogens with zero attached hydrogens (tertiary/aromatic N) is 1. The fourth-order valence-corrected chi connectivity index (χ4v) is 6.37. The third kappa shape index (κ3) is 6.12. The number of fused-ring (bicyclic) bond motifs is 1. The molecule has 6 rings (SSSR count). The number of unbranched alkanes of at least 4 members (excludes halogenated alkanes) is 2. The number of allylic oxidation sites excluding steroid dienone is 1. The summed E-state index contributed by atoms with van der Waals surface area (Å²) >= 11 is 0. The first-order valence-corrected chi connectivity index (χ1v) is 15.4. The van der Waals surface area contributed by atoms with Gasteiger partial charge in [-0.2, -0.15) is 0 Å². The number of ketones is 1. The Morgan fingerprint density at radius 2 is 1.53 bits per heavy atom. The zero-order chi connectivity index (χ0) is 29.6. The fraction of sp³-hybridized carbons (Fsp3) is 0.263. The number of amides is 1. The van der Waals surface area contributed by atoms with Gasteiger partial charge in [0, 0.05) is 30.0 Å². The van der Waals surface area contributed by atoms with Crippen LogP contribution in [0.2, 0.25) is 0 Å². The van der Waals surface area contributed by atoms with Gasteiger partial charge in [0.2, 0.25) is 5.91 Å². The second-order valence-corrected chi connectivity index (χ2v) is 11.4. The van der Waals surface area contributed by atoms with Crippen molar-refractivity contribution in [3.63, 3.8) is 0 Å². The van der Waals surface area contributed by atoms with E-state index in [0.29, 0.717) is 31.4 Å². The molecule has 1 aliphatic heterocycles. The molecule has 1 heterocycles.